The molecule has 0 unspecified atom stereocenters. The predicted molar refractivity (Wildman–Crippen MR) is 140 cm³/mol. The van der Waals surface area contributed by atoms with Gasteiger partial charge in [0.25, 0.3) is 15.9 Å². The van der Waals surface area contributed by atoms with Crippen LogP contribution >= 0.6 is 11.6 Å². The average molecular weight is 529 g/mol. The Bertz CT molecular complexity index is 1260. The van der Waals surface area contributed by atoms with Crippen LogP contribution in [0, 0.1) is 6.92 Å². The fourth-order valence-electron chi connectivity index (χ4n) is 3.85. The molecular weight excluding hydrogens is 500 g/mol. The Morgan fingerprint density at radius 1 is 1.06 bits per heavy atom. The number of nitrogens with one attached hydrogen (secondary N) is 1. The fourth-order valence-corrected chi connectivity index (χ4v) is 5.43. The van der Waals surface area contributed by atoms with E-state index < -0.39 is 10.0 Å². The van der Waals surface area contributed by atoms with Gasteiger partial charge in [-0.25, -0.2) is 8.42 Å². The molecule has 190 valence electrons. The van der Waals surface area contributed by atoms with Gasteiger partial charge < -0.3 is 14.8 Å². The molecule has 1 atom stereocenters. The molecule has 36 heavy (non-hydrogen) atoms. The molecule has 0 bridgehead atoms. The van der Waals surface area contributed by atoms with Crippen molar-refractivity contribution in [1.82, 2.24) is 5.32 Å². The first-order valence-electron chi connectivity index (χ1n) is 11.8. The standard InChI is InChI=1S/C27H29ClN2O5S/c1-20-4-14-26(15-5-20)36(32,33)30(18-21-6-8-22(28)9-7-21)23-10-12-24(13-11-23)35-19-27(31)29-17-25-3-2-16-34-25/h4-15,25H,2-3,16-19H2,1H3,(H,29,31)/t25-/m0/s1. The molecule has 1 N–H and O–H groups in total. The highest BCUT2D eigenvalue weighted by molar-refractivity contribution is 7.92. The number of aryl methyl sites for hydroxylation is 1. The van der Waals surface area contributed by atoms with Gasteiger partial charge in [0.05, 0.1) is 23.2 Å². The first-order chi connectivity index (χ1) is 17.3. The van der Waals surface area contributed by atoms with Crippen molar-refractivity contribution in [3.8, 4) is 5.75 Å². The Morgan fingerprint density at radius 2 is 1.75 bits per heavy atom. The number of amides is 1. The van der Waals surface area contributed by atoms with Crippen molar-refractivity contribution in [2.24, 2.45) is 0 Å². The lowest BCUT2D eigenvalue weighted by Crippen LogP contribution is -2.35. The molecule has 0 radical (unpaired) electrons. The molecule has 0 saturated carbocycles. The molecule has 1 aliphatic rings. The minimum absolute atomic E-state index is 0.0651. The maximum Gasteiger partial charge on any atom is 0.264 e. The zero-order valence-corrected chi connectivity index (χ0v) is 21.6. The second-order valence-electron chi connectivity index (χ2n) is 8.67. The maximum absolute atomic E-state index is 13.6. The van der Waals surface area contributed by atoms with Gasteiger partial charge in [-0.1, -0.05) is 41.4 Å². The number of carbonyl (C=O) groups is 1. The highest BCUT2D eigenvalue weighted by Gasteiger charge is 2.25. The zero-order chi connectivity index (χ0) is 25.5. The van der Waals surface area contributed by atoms with Crippen molar-refractivity contribution in [3.05, 3.63) is 88.9 Å². The van der Waals surface area contributed by atoms with Crippen LogP contribution in [-0.4, -0.2) is 40.2 Å². The number of hydrogen-bond acceptors (Lipinski definition) is 5. The highest BCUT2D eigenvalue weighted by atomic mass is 35.5. The minimum Gasteiger partial charge on any atom is -0.484 e. The van der Waals surface area contributed by atoms with Crippen molar-refractivity contribution in [3.63, 3.8) is 0 Å². The van der Waals surface area contributed by atoms with Crippen molar-refractivity contribution < 1.29 is 22.7 Å². The molecule has 3 aromatic rings. The summed E-state index contributed by atoms with van der Waals surface area (Å²) in [6.45, 7) is 3.10. The van der Waals surface area contributed by atoms with E-state index in [-0.39, 0.29) is 30.1 Å². The van der Waals surface area contributed by atoms with Crippen LogP contribution in [0.5, 0.6) is 5.75 Å². The number of carbonyl (C=O) groups excluding carboxylic acids is 1. The first kappa shape index (κ1) is 26.0. The number of benzene rings is 3. The van der Waals surface area contributed by atoms with E-state index in [1.165, 1.54) is 4.31 Å². The fraction of sp³-hybridized carbons (Fsp3) is 0.296. The molecule has 3 aromatic carbocycles. The molecule has 1 amide bonds. The summed E-state index contributed by atoms with van der Waals surface area (Å²) in [4.78, 5) is 12.3. The molecule has 1 saturated heterocycles. The number of hydrogen-bond donors (Lipinski definition) is 1. The van der Waals surface area contributed by atoms with Crippen LogP contribution < -0.4 is 14.4 Å². The van der Waals surface area contributed by atoms with Gasteiger partial charge in [-0.15, -0.1) is 0 Å². The van der Waals surface area contributed by atoms with Crippen molar-refractivity contribution in [2.45, 2.75) is 37.3 Å². The monoisotopic (exact) mass is 528 g/mol. The summed E-state index contributed by atoms with van der Waals surface area (Å²) in [5.41, 5.74) is 2.23. The molecule has 0 aromatic heterocycles. The minimum atomic E-state index is -3.85. The second kappa shape index (κ2) is 11.8. The van der Waals surface area contributed by atoms with E-state index in [0.717, 1.165) is 30.6 Å². The van der Waals surface area contributed by atoms with Gasteiger partial charge in [0.2, 0.25) is 0 Å². The summed E-state index contributed by atoms with van der Waals surface area (Å²) in [6, 6.07) is 20.5. The molecule has 4 rings (SSSR count). The Kier molecular flexibility index (Phi) is 8.51. The van der Waals surface area contributed by atoms with Gasteiger partial charge in [-0.2, -0.15) is 0 Å². The van der Waals surface area contributed by atoms with Crippen LogP contribution in [0.3, 0.4) is 0 Å². The lowest BCUT2D eigenvalue weighted by molar-refractivity contribution is -0.123. The number of sulfonamides is 1. The van der Waals surface area contributed by atoms with Gasteiger partial charge in [-0.05, 0) is 73.9 Å². The summed E-state index contributed by atoms with van der Waals surface area (Å²) in [7, 11) is -3.85. The molecule has 9 heteroatoms. The van der Waals surface area contributed by atoms with Crippen molar-refractivity contribution >= 4 is 33.2 Å². The molecule has 1 heterocycles. The van der Waals surface area contributed by atoms with Crippen molar-refractivity contribution in [1.29, 1.82) is 0 Å². The highest BCUT2D eigenvalue weighted by Crippen LogP contribution is 2.28. The quantitative estimate of drug-likeness (QED) is 0.411. The van der Waals surface area contributed by atoms with Crippen LogP contribution in [0.25, 0.3) is 0 Å². The Labute approximate surface area is 217 Å². The molecule has 1 aliphatic heterocycles. The van der Waals surface area contributed by atoms with Crippen LogP contribution in [0.4, 0.5) is 5.69 Å². The Morgan fingerprint density at radius 3 is 2.39 bits per heavy atom. The van der Waals surface area contributed by atoms with E-state index in [9.17, 15) is 13.2 Å². The largest absolute Gasteiger partial charge is 0.484 e. The second-order valence-corrected chi connectivity index (χ2v) is 11.0. The lowest BCUT2D eigenvalue weighted by atomic mass is 10.2. The molecular formula is C27H29ClN2O5S. The Balaban J connectivity index is 1.48. The summed E-state index contributed by atoms with van der Waals surface area (Å²) in [6.07, 6.45) is 2.02. The van der Waals surface area contributed by atoms with Gasteiger partial charge in [-0.3, -0.25) is 9.10 Å². The topological polar surface area (TPSA) is 84.9 Å². The predicted octanol–water partition coefficient (Wildman–Crippen LogP) is 4.72. The molecule has 1 fully saturated rings. The summed E-state index contributed by atoms with van der Waals surface area (Å²) >= 11 is 6.01. The molecule has 0 spiro atoms. The number of anilines is 1. The van der Waals surface area contributed by atoms with Crippen LogP contribution in [0.15, 0.2) is 77.7 Å². The number of rotatable bonds is 10. The van der Waals surface area contributed by atoms with Crippen LogP contribution in [0.1, 0.15) is 24.0 Å². The summed E-state index contributed by atoms with van der Waals surface area (Å²) in [5.74, 6) is 0.228. The van der Waals surface area contributed by atoms with E-state index in [1.54, 1.807) is 72.8 Å². The zero-order valence-electron chi connectivity index (χ0n) is 20.0. The first-order valence-corrected chi connectivity index (χ1v) is 13.6. The van der Waals surface area contributed by atoms with E-state index in [0.29, 0.717) is 23.0 Å². The molecule has 7 nitrogen and oxygen atoms in total. The third-order valence-electron chi connectivity index (χ3n) is 5.89. The lowest BCUT2D eigenvalue weighted by Gasteiger charge is -2.25. The SMILES string of the molecule is Cc1ccc(S(=O)(=O)N(Cc2ccc(Cl)cc2)c2ccc(OCC(=O)NC[C@@H]3CCCO3)cc2)cc1. The van der Waals surface area contributed by atoms with E-state index in [2.05, 4.69) is 5.32 Å². The smallest absolute Gasteiger partial charge is 0.264 e. The van der Waals surface area contributed by atoms with Gasteiger partial charge in [0, 0.05) is 18.2 Å². The summed E-state index contributed by atoms with van der Waals surface area (Å²) < 4.78 is 39.6. The third kappa shape index (κ3) is 6.78. The van der Waals surface area contributed by atoms with Gasteiger partial charge >= 0.3 is 0 Å². The van der Waals surface area contributed by atoms with Gasteiger partial charge in [0.15, 0.2) is 6.61 Å². The average Bonchev–Trinajstić information content (AvgIpc) is 3.40. The van der Waals surface area contributed by atoms with E-state index in [1.807, 2.05) is 6.92 Å². The maximum atomic E-state index is 13.6. The van der Waals surface area contributed by atoms with E-state index in [4.69, 9.17) is 21.1 Å². The number of nitrogens with zero attached hydrogens (tertiary/aromatic N) is 1. The number of ether oxygens (including phenoxy) is 2. The number of halogens is 1. The Hall–Kier alpha value is -3.07. The van der Waals surface area contributed by atoms with Crippen LogP contribution in [-0.2, 0) is 26.1 Å². The third-order valence-corrected chi connectivity index (χ3v) is 7.93. The molecule has 0 aliphatic carbocycles. The van der Waals surface area contributed by atoms with Crippen LogP contribution in [0.2, 0.25) is 5.02 Å². The van der Waals surface area contributed by atoms with Gasteiger partial charge in [0.1, 0.15) is 5.75 Å². The normalized spacial score (nSPS) is 15.4. The summed E-state index contributed by atoms with van der Waals surface area (Å²) in [5, 5.41) is 3.39. The van der Waals surface area contributed by atoms with Crippen molar-refractivity contribution in [2.75, 3.05) is 24.1 Å². The van der Waals surface area contributed by atoms with E-state index >= 15 is 0 Å².